The quantitative estimate of drug-likeness (QED) is 0.835. The minimum absolute atomic E-state index is 0.114. The van der Waals surface area contributed by atoms with Crippen molar-refractivity contribution in [2.24, 2.45) is 0 Å². The molecule has 1 N–H and O–H groups in total. The second-order valence-electron chi connectivity index (χ2n) is 5.36. The van der Waals surface area contributed by atoms with E-state index >= 15 is 0 Å². The van der Waals surface area contributed by atoms with Crippen LogP contribution in [0, 0.1) is 6.92 Å². The first-order valence-corrected chi connectivity index (χ1v) is 9.38. The Balaban J connectivity index is 1.99. The van der Waals surface area contributed by atoms with Gasteiger partial charge in [0.2, 0.25) is 5.91 Å². The summed E-state index contributed by atoms with van der Waals surface area (Å²) in [4.78, 5) is 12.3. The third-order valence-electron chi connectivity index (χ3n) is 3.44. The molecule has 0 unspecified atom stereocenters. The Bertz CT molecular complexity index is 798. The number of rotatable bonds is 7. The zero-order valence-electron chi connectivity index (χ0n) is 13.8. The maximum Gasteiger partial charge on any atom is 0.225 e. The number of ether oxygens (including phenoxy) is 1. The molecule has 0 saturated heterocycles. The predicted octanol–water partition coefficient (Wildman–Crippen LogP) is 3.20. The molecular weight excluding hydrogens is 326 g/mol. The van der Waals surface area contributed by atoms with Crippen LogP contribution in [0.1, 0.15) is 18.9 Å². The fraction of sp³-hybridized carbons (Fsp3) is 0.278. The van der Waals surface area contributed by atoms with Crippen molar-refractivity contribution in [2.45, 2.75) is 25.2 Å². The average Bonchev–Trinajstić information content (AvgIpc) is 2.56. The first-order chi connectivity index (χ1) is 11.4. The molecule has 5 nitrogen and oxygen atoms in total. The van der Waals surface area contributed by atoms with Gasteiger partial charge in [-0.1, -0.05) is 29.8 Å². The van der Waals surface area contributed by atoms with E-state index in [1.807, 2.05) is 19.9 Å². The monoisotopic (exact) mass is 347 g/mol. The second-order valence-corrected chi connectivity index (χ2v) is 7.47. The molecule has 6 heteroatoms. The first-order valence-electron chi connectivity index (χ1n) is 7.73. The Morgan fingerprint density at radius 3 is 2.42 bits per heavy atom. The van der Waals surface area contributed by atoms with Crippen LogP contribution in [0.3, 0.4) is 0 Å². The molecule has 0 aromatic heterocycles. The summed E-state index contributed by atoms with van der Waals surface area (Å²) in [5.74, 6) is -0.0359. The van der Waals surface area contributed by atoms with Gasteiger partial charge in [0.1, 0.15) is 5.75 Å². The van der Waals surface area contributed by atoms with E-state index in [0.717, 1.165) is 5.56 Å². The van der Waals surface area contributed by atoms with Gasteiger partial charge in [-0.15, -0.1) is 0 Å². The van der Waals surface area contributed by atoms with Gasteiger partial charge in [0.05, 0.1) is 22.9 Å². The largest absolute Gasteiger partial charge is 0.492 e. The minimum atomic E-state index is -3.48. The molecular formula is C18H21NO4S. The van der Waals surface area contributed by atoms with Gasteiger partial charge in [-0.3, -0.25) is 4.79 Å². The Kier molecular flexibility index (Phi) is 5.98. The molecule has 0 fully saturated rings. The predicted molar refractivity (Wildman–Crippen MR) is 94.1 cm³/mol. The van der Waals surface area contributed by atoms with E-state index in [1.54, 1.807) is 42.5 Å². The van der Waals surface area contributed by atoms with Gasteiger partial charge in [0, 0.05) is 6.42 Å². The second kappa shape index (κ2) is 7.97. The van der Waals surface area contributed by atoms with Crippen LogP contribution in [0.15, 0.2) is 53.4 Å². The van der Waals surface area contributed by atoms with Gasteiger partial charge in [0.15, 0.2) is 9.84 Å². The number of aryl methyl sites for hydroxylation is 1. The van der Waals surface area contributed by atoms with E-state index in [-0.39, 0.29) is 23.0 Å². The van der Waals surface area contributed by atoms with E-state index in [4.69, 9.17) is 4.74 Å². The molecule has 0 heterocycles. The fourth-order valence-corrected chi connectivity index (χ4v) is 3.40. The van der Waals surface area contributed by atoms with Crippen LogP contribution in [0.4, 0.5) is 5.69 Å². The summed E-state index contributed by atoms with van der Waals surface area (Å²) in [7, 11) is -3.48. The normalized spacial score (nSPS) is 11.1. The molecule has 0 aliphatic rings. The average molecular weight is 347 g/mol. The molecule has 2 rings (SSSR count). The molecule has 128 valence electrons. The maximum atomic E-state index is 12.3. The van der Waals surface area contributed by atoms with Gasteiger partial charge < -0.3 is 10.1 Å². The molecule has 0 atom stereocenters. The first kappa shape index (κ1) is 18.0. The van der Waals surface area contributed by atoms with Crippen LogP contribution >= 0.6 is 0 Å². The molecule has 0 spiro atoms. The number of carbonyl (C=O) groups excluding carboxylic acids is 1. The topological polar surface area (TPSA) is 72.5 Å². The van der Waals surface area contributed by atoms with E-state index < -0.39 is 9.84 Å². The molecule has 1 amide bonds. The molecule has 0 aliphatic heterocycles. The number of sulfone groups is 1. The number of para-hydroxylation sites is 2. The van der Waals surface area contributed by atoms with E-state index in [9.17, 15) is 13.2 Å². The number of anilines is 1. The Hall–Kier alpha value is -2.34. The number of carbonyl (C=O) groups is 1. The van der Waals surface area contributed by atoms with Gasteiger partial charge in [-0.25, -0.2) is 8.42 Å². The number of nitrogens with one attached hydrogen (secondary N) is 1. The summed E-state index contributed by atoms with van der Waals surface area (Å²) in [6.45, 7) is 4.22. The molecule has 2 aromatic rings. The third kappa shape index (κ3) is 4.83. The standard InChI is InChI=1S/C18H21NO4S/c1-3-23-17-7-5-4-6-16(17)19-18(20)12-13-24(21,22)15-10-8-14(2)9-11-15/h4-11H,3,12-13H2,1-2H3,(H,19,20). The fourth-order valence-electron chi connectivity index (χ4n) is 2.15. The minimum Gasteiger partial charge on any atom is -0.492 e. The van der Waals surface area contributed by atoms with Crippen molar-refractivity contribution in [3.8, 4) is 5.75 Å². The van der Waals surface area contributed by atoms with Crippen molar-refractivity contribution < 1.29 is 17.9 Å². The van der Waals surface area contributed by atoms with Gasteiger partial charge in [0.25, 0.3) is 0 Å². The zero-order chi connectivity index (χ0) is 17.6. The van der Waals surface area contributed by atoms with Crippen molar-refractivity contribution in [3.05, 3.63) is 54.1 Å². The van der Waals surface area contributed by atoms with Gasteiger partial charge in [-0.05, 0) is 38.1 Å². The van der Waals surface area contributed by atoms with Crippen LogP contribution < -0.4 is 10.1 Å². The molecule has 0 saturated carbocycles. The molecule has 0 bridgehead atoms. The lowest BCUT2D eigenvalue weighted by Gasteiger charge is -2.11. The van der Waals surface area contributed by atoms with Crippen LogP contribution in [0.5, 0.6) is 5.75 Å². The highest BCUT2D eigenvalue weighted by molar-refractivity contribution is 7.91. The summed E-state index contributed by atoms with van der Waals surface area (Å²) >= 11 is 0. The Labute approximate surface area is 142 Å². The SMILES string of the molecule is CCOc1ccccc1NC(=O)CCS(=O)(=O)c1ccc(C)cc1. The summed E-state index contributed by atoms with van der Waals surface area (Å²) < 4.78 is 30.0. The molecule has 0 radical (unpaired) electrons. The Morgan fingerprint density at radius 1 is 1.08 bits per heavy atom. The lowest BCUT2D eigenvalue weighted by atomic mass is 10.2. The van der Waals surface area contributed by atoms with Crippen LogP contribution in [-0.2, 0) is 14.6 Å². The summed E-state index contributed by atoms with van der Waals surface area (Å²) in [5, 5.41) is 2.70. The number of hydrogen-bond acceptors (Lipinski definition) is 4. The molecule has 0 aliphatic carbocycles. The highest BCUT2D eigenvalue weighted by Crippen LogP contribution is 2.24. The van der Waals surface area contributed by atoms with Crippen molar-refractivity contribution in [2.75, 3.05) is 17.7 Å². The zero-order valence-corrected chi connectivity index (χ0v) is 14.6. The number of hydrogen-bond donors (Lipinski definition) is 1. The highest BCUT2D eigenvalue weighted by Gasteiger charge is 2.17. The highest BCUT2D eigenvalue weighted by atomic mass is 32.2. The van der Waals surface area contributed by atoms with Gasteiger partial charge >= 0.3 is 0 Å². The van der Waals surface area contributed by atoms with E-state index in [2.05, 4.69) is 5.32 Å². The van der Waals surface area contributed by atoms with Crippen LogP contribution in [0.2, 0.25) is 0 Å². The van der Waals surface area contributed by atoms with Crippen molar-refractivity contribution in [3.63, 3.8) is 0 Å². The smallest absolute Gasteiger partial charge is 0.225 e. The lowest BCUT2D eigenvalue weighted by Crippen LogP contribution is -2.18. The third-order valence-corrected chi connectivity index (χ3v) is 5.17. The lowest BCUT2D eigenvalue weighted by molar-refractivity contribution is -0.115. The van der Waals surface area contributed by atoms with Crippen molar-refractivity contribution in [1.29, 1.82) is 0 Å². The maximum absolute atomic E-state index is 12.3. The summed E-state index contributed by atoms with van der Waals surface area (Å²) in [6, 6.07) is 13.7. The number of amides is 1. The molecule has 24 heavy (non-hydrogen) atoms. The van der Waals surface area contributed by atoms with Crippen molar-refractivity contribution in [1.82, 2.24) is 0 Å². The Morgan fingerprint density at radius 2 is 1.75 bits per heavy atom. The summed E-state index contributed by atoms with van der Waals surface area (Å²) in [6.07, 6.45) is -0.114. The molecule has 2 aromatic carbocycles. The van der Waals surface area contributed by atoms with Crippen molar-refractivity contribution >= 4 is 21.4 Å². The van der Waals surface area contributed by atoms with E-state index in [1.165, 1.54) is 0 Å². The summed E-state index contributed by atoms with van der Waals surface area (Å²) in [5.41, 5.74) is 1.52. The number of benzene rings is 2. The van der Waals surface area contributed by atoms with E-state index in [0.29, 0.717) is 18.0 Å². The van der Waals surface area contributed by atoms with Gasteiger partial charge in [-0.2, -0.15) is 0 Å². The van der Waals surface area contributed by atoms with Crippen LogP contribution in [0.25, 0.3) is 0 Å². The van der Waals surface area contributed by atoms with Crippen LogP contribution in [-0.4, -0.2) is 26.7 Å².